The molecule has 4 rings (SSSR count). The SMILES string of the molecule is Cc1nc2ccc(Cl)cc2cc1C(=O)N(C)C1CCN(CCc2ccccn2)CC1. The van der Waals surface area contributed by atoms with Crippen LogP contribution >= 0.6 is 11.6 Å². The molecule has 0 aliphatic carbocycles. The number of carbonyl (C=O) groups is 1. The molecule has 0 N–H and O–H groups in total. The molecule has 0 bridgehead atoms. The van der Waals surface area contributed by atoms with E-state index in [0.29, 0.717) is 10.6 Å². The summed E-state index contributed by atoms with van der Waals surface area (Å²) >= 11 is 6.12. The van der Waals surface area contributed by atoms with Crippen molar-refractivity contribution in [3.8, 4) is 0 Å². The third-order valence-corrected chi connectivity index (χ3v) is 6.27. The number of hydrogen-bond donors (Lipinski definition) is 0. The van der Waals surface area contributed by atoms with Crippen molar-refractivity contribution in [2.45, 2.75) is 32.2 Å². The van der Waals surface area contributed by atoms with E-state index in [1.165, 1.54) is 0 Å². The van der Waals surface area contributed by atoms with Gasteiger partial charge in [-0.2, -0.15) is 0 Å². The maximum Gasteiger partial charge on any atom is 0.255 e. The van der Waals surface area contributed by atoms with Gasteiger partial charge in [-0.25, -0.2) is 0 Å². The fraction of sp³-hybridized carbons (Fsp3) is 0.375. The van der Waals surface area contributed by atoms with Crippen molar-refractivity contribution >= 4 is 28.4 Å². The van der Waals surface area contributed by atoms with E-state index in [4.69, 9.17) is 11.6 Å². The molecule has 0 radical (unpaired) electrons. The molecule has 0 atom stereocenters. The molecule has 1 aromatic carbocycles. The smallest absolute Gasteiger partial charge is 0.255 e. The Bertz CT molecular complexity index is 1030. The highest BCUT2D eigenvalue weighted by Gasteiger charge is 2.27. The van der Waals surface area contributed by atoms with Crippen LogP contribution in [0.3, 0.4) is 0 Å². The lowest BCUT2D eigenvalue weighted by molar-refractivity contribution is 0.0642. The summed E-state index contributed by atoms with van der Waals surface area (Å²) in [6.07, 6.45) is 4.78. The standard InChI is InChI=1S/C24H27ClN4O/c1-17-22(16-18-15-19(25)6-7-23(18)27-17)24(30)28(2)21-9-13-29(14-10-21)12-8-20-5-3-4-11-26-20/h3-7,11,15-16,21H,8-10,12-14H2,1-2H3. The highest BCUT2D eigenvalue weighted by molar-refractivity contribution is 6.31. The normalized spacial score (nSPS) is 15.4. The van der Waals surface area contributed by atoms with Crippen molar-refractivity contribution in [1.82, 2.24) is 19.8 Å². The summed E-state index contributed by atoms with van der Waals surface area (Å²) in [5.41, 5.74) is 3.41. The summed E-state index contributed by atoms with van der Waals surface area (Å²) in [5, 5.41) is 1.55. The summed E-state index contributed by atoms with van der Waals surface area (Å²) in [5.74, 6) is 0.0359. The van der Waals surface area contributed by atoms with Crippen LogP contribution in [0.25, 0.3) is 10.9 Å². The number of carbonyl (C=O) groups excluding carboxylic acids is 1. The molecule has 156 valence electrons. The first-order valence-electron chi connectivity index (χ1n) is 10.5. The molecule has 1 saturated heterocycles. The maximum absolute atomic E-state index is 13.2. The van der Waals surface area contributed by atoms with Crippen LogP contribution in [-0.4, -0.2) is 58.4 Å². The minimum atomic E-state index is 0.0359. The second kappa shape index (κ2) is 9.11. The zero-order valence-electron chi connectivity index (χ0n) is 17.5. The molecule has 0 spiro atoms. The molecule has 3 aromatic rings. The van der Waals surface area contributed by atoms with E-state index in [0.717, 1.165) is 61.2 Å². The van der Waals surface area contributed by atoms with Crippen molar-refractivity contribution in [1.29, 1.82) is 0 Å². The van der Waals surface area contributed by atoms with Gasteiger partial charge in [-0.1, -0.05) is 17.7 Å². The van der Waals surface area contributed by atoms with Crippen molar-refractivity contribution in [3.63, 3.8) is 0 Å². The van der Waals surface area contributed by atoms with Crippen LogP contribution < -0.4 is 0 Å². The van der Waals surface area contributed by atoms with Gasteiger partial charge in [0.15, 0.2) is 0 Å². The molecule has 2 aromatic heterocycles. The van der Waals surface area contributed by atoms with Gasteiger partial charge in [0.05, 0.1) is 16.8 Å². The minimum absolute atomic E-state index is 0.0359. The number of piperidine rings is 1. The lowest BCUT2D eigenvalue weighted by Crippen LogP contribution is -2.46. The van der Waals surface area contributed by atoms with E-state index in [-0.39, 0.29) is 11.9 Å². The van der Waals surface area contributed by atoms with Gasteiger partial charge in [0.25, 0.3) is 5.91 Å². The first kappa shape index (κ1) is 20.8. The van der Waals surface area contributed by atoms with Crippen LogP contribution in [0.4, 0.5) is 0 Å². The van der Waals surface area contributed by atoms with Crippen molar-refractivity contribution in [2.75, 3.05) is 26.7 Å². The lowest BCUT2D eigenvalue weighted by atomic mass is 10.0. The van der Waals surface area contributed by atoms with E-state index < -0.39 is 0 Å². The van der Waals surface area contributed by atoms with Gasteiger partial charge in [0, 0.05) is 61.4 Å². The fourth-order valence-electron chi connectivity index (χ4n) is 4.16. The average Bonchev–Trinajstić information content (AvgIpc) is 2.77. The number of aromatic nitrogens is 2. The second-order valence-corrected chi connectivity index (χ2v) is 8.45. The fourth-order valence-corrected chi connectivity index (χ4v) is 4.35. The van der Waals surface area contributed by atoms with E-state index >= 15 is 0 Å². The van der Waals surface area contributed by atoms with Crippen molar-refractivity contribution in [2.24, 2.45) is 0 Å². The van der Waals surface area contributed by atoms with Gasteiger partial charge < -0.3 is 9.80 Å². The van der Waals surface area contributed by atoms with Crippen LogP contribution in [0.2, 0.25) is 5.02 Å². The highest BCUT2D eigenvalue weighted by atomic mass is 35.5. The van der Waals surface area contributed by atoms with Crippen LogP contribution in [0, 0.1) is 6.92 Å². The van der Waals surface area contributed by atoms with Gasteiger partial charge in [-0.15, -0.1) is 0 Å². The predicted octanol–water partition coefficient (Wildman–Crippen LogP) is 4.37. The predicted molar refractivity (Wildman–Crippen MR) is 121 cm³/mol. The van der Waals surface area contributed by atoms with Gasteiger partial charge in [0.2, 0.25) is 0 Å². The lowest BCUT2D eigenvalue weighted by Gasteiger charge is -2.37. The number of benzene rings is 1. The minimum Gasteiger partial charge on any atom is -0.339 e. The van der Waals surface area contributed by atoms with Crippen LogP contribution in [0.1, 0.15) is 34.6 Å². The maximum atomic E-state index is 13.2. The number of nitrogens with zero attached hydrogens (tertiary/aromatic N) is 4. The molecule has 1 aliphatic rings. The molecule has 5 nitrogen and oxygen atoms in total. The Balaban J connectivity index is 1.38. The van der Waals surface area contributed by atoms with Gasteiger partial charge in [-0.3, -0.25) is 14.8 Å². The molecule has 0 unspecified atom stereocenters. The Morgan fingerprint density at radius 2 is 2.00 bits per heavy atom. The topological polar surface area (TPSA) is 49.3 Å². The first-order chi connectivity index (χ1) is 14.5. The number of hydrogen-bond acceptors (Lipinski definition) is 4. The highest BCUT2D eigenvalue weighted by Crippen LogP contribution is 2.23. The molecule has 30 heavy (non-hydrogen) atoms. The van der Waals surface area contributed by atoms with Crippen LogP contribution in [-0.2, 0) is 6.42 Å². The molecular weight excluding hydrogens is 396 g/mol. The molecule has 0 saturated carbocycles. The van der Waals surface area contributed by atoms with Crippen molar-refractivity contribution in [3.05, 3.63) is 70.6 Å². The second-order valence-electron chi connectivity index (χ2n) is 8.02. The van der Waals surface area contributed by atoms with Gasteiger partial charge in [0.1, 0.15) is 0 Å². The number of aryl methyl sites for hydroxylation is 1. The molecular formula is C24H27ClN4O. The van der Waals surface area contributed by atoms with Gasteiger partial charge in [-0.05, 0) is 56.2 Å². The van der Waals surface area contributed by atoms with E-state index in [2.05, 4.69) is 20.9 Å². The molecule has 1 aliphatic heterocycles. The Kier molecular flexibility index (Phi) is 6.30. The summed E-state index contributed by atoms with van der Waals surface area (Å²) in [4.78, 5) is 26.6. The molecule has 6 heteroatoms. The number of fused-ring (bicyclic) bond motifs is 1. The van der Waals surface area contributed by atoms with E-state index in [1.54, 1.807) is 0 Å². The largest absolute Gasteiger partial charge is 0.339 e. The zero-order chi connectivity index (χ0) is 21.1. The summed E-state index contributed by atoms with van der Waals surface area (Å²) in [6, 6.07) is 13.8. The molecule has 1 amide bonds. The molecule has 1 fully saturated rings. The zero-order valence-corrected chi connectivity index (χ0v) is 18.3. The summed E-state index contributed by atoms with van der Waals surface area (Å²) < 4.78 is 0. The van der Waals surface area contributed by atoms with Crippen molar-refractivity contribution < 1.29 is 4.79 Å². The monoisotopic (exact) mass is 422 g/mol. The Morgan fingerprint density at radius 3 is 2.73 bits per heavy atom. The molecule has 3 heterocycles. The number of halogens is 1. The first-order valence-corrected chi connectivity index (χ1v) is 10.9. The van der Waals surface area contributed by atoms with E-state index in [1.807, 2.05) is 61.5 Å². The average molecular weight is 423 g/mol. The summed E-state index contributed by atoms with van der Waals surface area (Å²) in [6.45, 7) is 4.91. The third-order valence-electron chi connectivity index (χ3n) is 6.03. The van der Waals surface area contributed by atoms with Gasteiger partial charge >= 0.3 is 0 Å². The Morgan fingerprint density at radius 1 is 1.20 bits per heavy atom. The Labute approximate surface area is 182 Å². The van der Waals surface area contributed by atoms with Crippen LogP contribution in [0.5, 0.6) is 0 Å². The number of likely N-dealkylation sites (tertiary alicyclic amines) is 1. The summed E-state index contributed by atoms with van der Waals surface area (Å²) in [7, 11) is 1.91. The van der Waals surface area contributed by atoms with E-state index in [9.17, 15) is 4.79 Å². The van der Waals surface area contributed by atoms with Crippen LogP contribution in [0.15, 0.2) is 48.7 Å². The quantitative estimate of drug-likeness (QED) is 0.612. The third kappa shape index (κ3) is 4.63. The number of rotatable bonds is 5. The Hall–Kier alpha value is -2.50. The number of amides is 1. The number of pyridine rings is 2.